The zero-order valence-corrected chi connectivity index (χ0v) is 11.5. The van der Waals surface area contributed by atoms with Gasteiger partial charge in [0.25, 0.3) is 10.0 Å². The molecule has 3 nitrogen and oxygen atoms in total. The van der Waals surface area contributed by atoms with Gasteiger partial charge in [-0.1, -0.05) is 17.7 Å². The molecule has 0 atom stereocenters. The highest BCUT2D eigenvalue weighted by atomic mass is 32.2. The van der Waals surface area contributed by atoms with Crippen molar-refractivity contribution in [1.29, 1.82) is 0 Å². The third-order valence-electron chi connectivity index (χ3n) is 2.76. The standard InChI is InChI=1S/C14H14FNO2S/c1-10-3-6-13(7-4-10)19(17,18)16-14-8-5-12(15)9-11(14)2/h3-9,16H,1-2H3. The van der Waals surface area contributed by atoms with Crippen LogP contribution in [0.5, 0.6) is 0 Å². The number of hydrogen-bond acceptors (Lipinski definition) is 2. The topological polar surface area (TPSA) is 46.2 Å². The summed E-state index contributed by atoms with van der Waals surface area (Å²) in [5, 5.41) is 0. The molecule has 2 aromatic carbocycles. The Hall–Kier alpha value is -1.88. The maximum Gasteiger partial charge on any atom is 0.261 e. The van der Waals surface area contributed by atoms with Gasteiger partial charge in [-0.2, -0.15) is 0 Å². The predicted molar refractivity (Wildman–Crippen MR) is 73.1 cm³/mol. The number of nitrogens with one attached hydrogen (secondary N) is 1. The molecule has 0 bridgehead atoms. The molecule has 0 aliphatic rings. The van der Waals surface area contributed by atoms with Gasteiger partial charge in [-0.15, -0.1) is 0 Å². The van der Waals surface area contributed by atoms with E-state index in [2.05, 4.69) is 4.72 Å². The molecule has 2 aromatic rings. The van der Waals surface area contributed by atoms with E-state index >= 15 is 0 Å². The summed E-state index contributed by atoms with van der Waals surface area (Å²) in [6.07, 6.45) is 0. The van der Waals surface area contributed by atoms with Crippen molar-refractivity contribution in [3.05, 3.63) is 59.4 Å². The van der Waals surface area contributed by atoms with Gasteiger partial charge in [0.1, 0.15) is 5.82 Å². The molecular formula is C14H14FNO2S. The van der Waals surface area contributed by atoms with Crippen LogP contribution in [0.25, 0.3) is 0 Å². The quantitative estimate of drug-likeness (QED) is 0.937. The molecule has 0 spiro atoms. The van der Waals surface area contributed by atoms with Crippen LogP contribution in [0.1, 0.15) is 11.1 Å². The van der Waals surface area contributed by atoms with E-state index in [4.69, 9.17) is 0 Å². The molecule has 0 unspecified atom stereocenters. The lowest BCUT2D eigenvalue weighted by Crippen LogP contribution is -2.13. The van der Waals surface area contributed by atoms with Gasteiger partial charge < -0.3 is 0 Å². The van der Waals surface area contributed by atoms with E-state index in [1.165, 1.54) is 30.3 Å². The minimum atomic E-state index is -3.64. The van der Waals surface area contributed by atoms with Gasteiger partial charge in [-0.05, 0) is 49.7 Å². The molecule has 0 aliphatic heterocycles. The zero-order valence-electron chi connectivity index (χ0n) is 10.6. The highest BCUT2D eigenvalue weighted by molar-refractivity contribution is 7.92. The van der Waals surface area contributed by atoms with Crippen LogP contribution in [-0.2, 0) is 10.0 Å². The third-order valence-corrected chi connectivity index (χ3v) is 4.15. The molecule has 0 fully saturated rings. The third kappa shape index (κ3) is 3.12. The number of anilines is 1. The number of halogens is 1. The highest BCUT2D eigenvalue weighted by Crippen LogP contribution is 2.20. The molecular weight excluding hydrogens is 265 g/mol. The van der Waals surface area contributed by atoms with Crippen LogP contribution in [0.3, 0.4) is 0 Å². The van der Waals surface area contributed by atoms with Crippen LogP contribution >= 0.6 is 0 Å². The first-order chi connectivity index (χ1) is 8.88. The summed E-state index contributed by atoms with van der Waals surface area (Å²) >= 11 is 0. The molecule has 0 saturated heterocycles. The van der Waals surface area contributed by atoms with Crippen LogP contribution in [-0.4, -0.2) is 8.42 Å². The Labute approximate surface area is 112 Å². The van der Waals surface area contributed by atoms with Crippen LogP contribution in [0, 0.1) is 19.7 Å². The van der Waals surface area contributed by atoms with Crippen molar-refractivity contribution in [2.45, 2.75) is 18.7 Å². The number of benzene rings is 2. The van der Waals surface area contributed by atoms with Crippen molar-refractivity contribution in [1.82, 2.24) is 0 Å². The number of hydrogen-bond donors (Lipinski definition) is 1. The summed E-state index contributed by atoms with van der Waals surface area (Å²) in [7, 11) is -3.64. The average molecular weight is 279 g/mol. The van der Waals surface area contributed by atoms with Crippen LogP contribution in [0.2, 0.25) is 0 Å². The van der Waals surface area contributed by atoms with E-state index in [1.54, 1.807) is 19.1 Å². The lowest BCUT2D eigenvalue weighted by Gasteiger charge is -2.10. The fourth-order valence-corrected chi connectivity index (χ4v) is 2.79. The first-order valence-corrected chi connectivity index (χ1v) is 7.22. The van der Waals surface area contributed by atoms with E-state index in [0.717, 1.165) is 5.56 Å². The van der Waals surface area contributed by atoms with E-state index in [-0.39, 0.29) is 4.90 Å². The molecule has 0 radical (unpaired) electrons. The number of aryl methyl sites for hydroxylation is 2. The van der Waals surface area contributed by atoms with E-state index in [0.29, 0.717) is 11.3 Å². The Morgan fingerprint density at radius 3 is 2.21 bits per heavy atom. The Morgan fingerprint density at radius 2 is 1.63 bits per heavy atom. The molecule has 1 N–H and O–H groups in total. The van der Waals surface area contributed by atoms with Gasteiger partial charge in [0, 0.05) is 0 Å². The molecule has 100 valence electrons. The smallest absolute Gasteiger partial charge is 0.261 e. The zero-order chi connectivity index (χ0) is 14.0. The lowest BCUT2D eigenvalue weighted by atomic mass is 10.2. The van der Waals surface area contributed by atoms with Crippen molar-refractivity contribution < 1.29 is 12.8 Å². The average Bonchev–Trinajstić information content (AvgIpc) is 2.33. The van der Waals surface area contributed by atoms with Gasteiger partial charge in [-0.3, -0.25) is 4.72 Å². The van der Waals surface area contributed by atoms with Crippen molar-refractivity contribution in [3.8, 4) is 0 Å². The largest absolute Gasteiger partial charge is 0.279 e. The maximum atomic E-state index is 13.0. The minimum absolute atomic E-state index is 0.182. The monoisotopic (exact) mass is 279 g/mol. The molecule has 0 aliphatic carbocycles. The number of rotatable bonds is 3. The summed E-state index contributed by atoms with van der Waals surface area (Å²) in [6.45, 7) is 3.53. The Morgan fingerprint density at radius 1 is 1.00 bits per heavy atom. The second kappa shape index (κ2) is 5.01. The van der Waals surface area contributed by atoms with E-state index in [1.807, 2.05) is 6.92 Å². The predicted octanol–water partition coefficient (Wildman–Crippen LogP) is 3.24. The van der Waals surface area contributed by atoms with Gasteiger partial charge in [0.2, 0.25) is 0 Å². The minimum Gasteiger partial charge on any atom is -0.279 e. The van der Waals surface area contributed by atoms with Crippen molar-refractivity contribution in [2.75, 3.05) is 4.72 Å². The van der Waals surface area contributed by atoms with Crippen molar-refractivity contribution >= 4 is 15.7 Å². The molecule has 2 rings (SSSR count). The second-order valence-electron chi connectivity index (χ2n) is 4.38. The van der Waals surface area contributed by atoms with Gasteiger partial charge in [0.05, 0.1) is 10.6 Å². The summed E-state index contributed by atoms with van der Waals surface area (Å²) in [4.78, 5) is 0.182. The summed E-state index contributed by atoms with van der Waals surface area (Å²) in [5.74, 6) is -0.393. The van der Waals surface area contributed by atoms with Gasteiger partial charge >= 0.3 is 0 Å². The molecule has 0 heterocycles. The summed E-state index contributed by atoms with van der Waals surface area (Å²) in [5.41, 5.74) is 1.90. The lowest BCUT2D eigenvalue weighted by molar-refractivity contribution is 0.601. The highest BCUT2D eigenvalue weighted by Gasteiger charge is 2.14. The first kappa shape index (κ1) is 13.5. The van der Waals surface area contributed by atoms with Crippen molar-refractivity contribution in [2.24, 2.45) is 0 Å². The van der Waals surface area contributed by atoms with E-state index < -0.39 is 15.8 Å². The Kier molecular flexibility index (Phi) is 3.57. The van der Waals surface area contributed by atoms with Crippen molar-refractivity contribution in [3.63, 3.8) is 0 Å². The summed E-state index contributed by atoms with van der Waals surface area (Å²) in [6, 6.07) is 10.5. The first-order valence-electron chi connectivity index (χ1n) is 5.74. The fraction of sp³-hybridized carbons (Fsp3) is 0.143. The number of sulfonamides is 1. The molecule has 0 amide bonds. The summed E-state index contributed by atoms with van der Waals surface area (Å²) < 4.78 is 39.7. The van der Waals surface area contributed by atoms with Crippen LogP contribution < -0.4 is 4.72 Å². The molecule has 19 heavy (non-hydrogen) atoms. The molecule has 0 aromatic heterocycles. The normalized spacial score (nSPS) is 11.3. The van der Waals surface area contributed by atoms with Gasteiger partial charge in [0.15, 0.2) is 0 Å². The molecule has 0 saturated carbocycles. The second-order valence-corrected chi connectivity index (χ2v) is 6.06. The van der Waals surface area contributed by atoms with Crippen LogP contribution in [0.15, 0.2) is 47.4 Å². The Balaban J connectivity index is 2.33. The maximum absolute atomic E-state index is 13.0. The Bertz CT molecular complexity index is 694. The van der Waals surface area contributed by atoms with Gasteiger partial charge in [-0.25, -0.2) is 12.8 Å². The van der Waals surface area contributed by atoms with Crippen LogP contribution in [0.4, 0.5) is 10.1 Å². The molecule has 5 heteroatoms. The fourth-order valence-electron chi connectivity index (χ4n) is 1.66. The van der Waals surface area contributed by atoms with E-state index in [9.17, 15) is 12.8 Å². The SMILES string of the molecule is Cc1ccc(S(=O)(=O)Nc2ccc(F)cc2C)cc1.